The number of benzene rings is 1. The molecule has 0 aliphatic heterocycles. The van der Waals surface area contributed by atoms with E-state index in [1.807, 2.05) is 36.4 Å². The smallest absolute Gasteiger partial charge is 0.303 e. The second-order valence-corrected chi connectivity index (χ2v) is 7.19. The maximum atomic E-state index is 10.5. The highest BCUT2D eigenvalue weighted by molar-refractivity contribution is 6.21. The molecule has 0 saturated heterocycles. The third-order valence-corrected chi connectivity index (χ3v) is 5.30. The highest BCUT2D eigenvalue weighted by Crippen LogP contribution is 2.39. The van der Waals surface area contributed by atoms with Crippen LogP contribution < -0.4 is 9.47 Å². The Balaban J connectivity index is 1.86. The van der Waals surface area contributed by atoms with Crippen LogP contribution in [0.1, 0.15) is 32.1 Å². The van der Waals surface area contributed by atoms with Crippen LogP contribution in [0, 0.1) is 11.8 Å². The van der Waals surface area contributed by atoms with E-state index in [2.05, 4.69) is 0 Å². The van der Waals surface area contributed by atoms with Crippen molar-refractivity contribution in [3.8, 4) is 11.5 Å². The number of rotatable bonds is 10. The highest BCUT2D eigenvalue weighted by Gasteiger charge is 2.41. The molecule has 0 aromatic heterocycles. The van der Waals surface area contributed by atoms with Crippen LogP contribution in [0.2, 0.25) is 0 Å². The summed E-state index contributed by atoms with van der Waals surface area (Å²) < 4.78 is 11.1. The van der Waals surface area contributed by atoms with Crippen molar-refractivity contribution in [2.75, 3.05) is 13.7 Å². The number of aliphatic hydroxyl groups excluding tert-OH is 1. The normalized spacial score (nSPS) is 25.5. The maximum absolute atomic E-state index is 10.5. The van der Waals surface area contributed by atoms with Crippen molar-refractivity contribution in [3.63, 3.8) is 0 Å². The van der Waals surface area contributed by atoms with Crippen LogP contribution in [0.4, 0.5) is 0 Å². The molecule has 5 nitrogen and oxygen atoms in total. The zero-order chi connectivity index (χ0) is 18.9. The number of aliphatic hydroxyl groups is 1. The Morgan fingerprint density at radius 2 is 2.08 bits per heavy atom. The lowest BCUT2D eigenvalue weighted by atomic mass is 9.92. The SMILES string of the molecule is COc1cccc(OC[C@@H]2[C@@H](C/C=C\CCCC(=O)O)[C@H](Cl)C[C@H]2O)c1. The van der Waals surface area contributed by atoms with Gasteiger partial charge >= 0.3 is 5.97 Å². The fourth-order valence-corrected chi connectivity index (χ4v) is 3.79. The monoisotopic (exact) mass is 382 g/mol. The fourth-order valence-electron chi connectivity index (χ4n) is 3.32. The standard InChI is InChI=1S/C20H27ClO5/c1-25-14-7-6-8-15(11-14)26-13-17-16(18(21)12-19(17)22)9-4-2-3-5-10-20(23)24/h2,4,6-8,11,16-19,22H,3,5,9-10,12-13H2,1H3,(H,23,24)/b4-2-/t16-,17-,18-,19-/m1/s1. The van der Waals surface area contributed by atoms with Gasteiger partial charge < -0.3 is 19.7 Å². The van der Waals surface area contributed by atoms with Crippen LogP contribution in [0.3, 0.4) is 0 Å². The van der Waals surface area contributed by atoms with Gasteiger partial charge in [-0.1, -0.05) is 18.2 Å². The van der Waals surface area contributed by atoms with E-state index in [-0.39, 0.29) is 23.6 Å². The van der Waals surface area contributed by atoms with Gasteiger partial charge in [-0.2, -0.15) is 0 Å². The fraction of sp³-hybridized carbons (Fsp3) is 0.550. The van der Waals surface area contributed by atoms with Crippen molar-refractivity contribution in [3.05, 3.63) is 36.4 Å². The molecule has 0 unspecified atom stereocenters. The Morgan fingerprint density at radius 3 is 2.81 bits per heavy atom. The zero-order valence-corrected chi connectivity index (χ0v) is 15.8. The number of ether oxygens (including phenoxy) is 2. The number of unbranched alkanes of at least 4 members (excludes halogenated alkanes) is 1. The minimum Gasteiger partial charge on any atom is -0.497 e. The number of aliphatic carboxylic acids is 1. The average Bonchev–Trinajstić information content (AvgIpc) is 2.89. The molecule has 0 bridgehead atoms. The molecular formula is C20H27ClO5. The summed E-state index contributed by atoms with van der Waals surface area (Å²) in [6.07, 6.45) is 6.42. The van der Waals surface area contributed by atoms with Crippen molar-refractivity contribution in [1.29, 1.82) is 0 Å². The van der Waals surface area contributed by atoms with Crippen molar-refractivity contribution < 1.29 is 24.5 Å². The van der Waals surface area contributed by atoms with Gasteiger partial charge in [0.15, 0.2) is 0 Å². The molecule has 1 fully saturated rings. The number of carboxylic acids is 1. The van der Waals surface area contributed by atoms with Gasteiger partial charge in [0.1, 0.15) is 11.5 Å². The third-order valence-electron chi connectivity index (χ3n) is 4.80. The summed E-state index contributed by atoms with van der Waals surface area (Å²) in [6.45, 7) is 0.398. The van der Waals surface area contributed by atoms with E-state index in [0.717, 1.165) is 18.6 Å². The molecule has 1 aliphatic carbocycles. The van der Waals surface area contributed by atoms with Crippen LogP contribution >= 0.6 is 11.6 Å². The molecule has 0 spiro atoms. The molecule has 1 aliphatic rings. The van der Waals surface area contributed by atoms with Crippen molar-refractivity contribution >= 4 is 17.6 Å². The first kappa shape index (κ1) is 20.6. The molecule has 2 N–H and O–H groups in total. The summed E-state index contributed by atoms with van der Waals surface area (Å²) >= 11 is 6.43. The lowest BCUT2D eigenvalue weighted by Crippen LogP contribution is -2.27. The molecule has 1 aromatic rings. The van der Waals surface area contributed by atoms with E-state index in [9.17, 15) is 9.90 Å². The van der Waals surface area contributed by atoms with E-state index in [1.54, 1.807) is 7.11 Å². The predicted octanol–water partition coefficient (Wildman–Crippen LogP) is 3.88. The summed E-state index contributed by atoms with van der Waals surface area (Å²) in [7, 11) is 1.61. The van der Waals surface area contributed by atoms with E-state index >= 15 is 0 Å². The molecule has 26 heavy (non-hydrogen) atoms. The summed E-state index contributed by atoms with van der Waals surface area (Å²) in [4.78, 5) is 10.5. The van der Waals surface area contributed by atoms with Crippen molar-refractivity contribution in [2.45, 2.75) is 43.6 Å². The molecule has 0 radical (unpaired) electrons. The molecule has 0 heterocycles. The van der Waals surface area contributed by atoms with Gasteiger partial charge in [0, 0.05) is 23.8 Å². The first-order valence-corrected chi connectivity index (χ1v) is 9.40. The summed E-state index contributed by atoms with van der Waals surface area (Å²) in [5.41, 5.74) is 0. The Labute approximate surface area is 159 Å². The largest absolute Gasteiger partial charge is 0.497 e. The molecule has 4 atom stereocenters. The lowest BCUT2D eigenvalue weighted by Gasteiger charge is -2.22. The van der Waals surface area contributed by atoms with Crippen LogP contribution in [0.5, 0.6) is 11.5 Å². The number of allylic oxidation sites excluding steroid dienone is 2. The molecule has 144 valence electrons. The Morgan fingerprint density at radius 1 is 1.31 bits per heavy atom. The number of hydrogen-bond acceptors (Lipinski definition) is 4. The van der Waals surface area contributed by atoms with Crippen molar-refractivity contribution in [2.24, 2.45) is 11.8 Å². The van der Waals surface area contributed by atoms with Gasteiger partial charge in [0.25, 0.3) is 0 Å². The lowest BCUT2D eigenvalue weighted by molar-refractivity contribution is -0.137. The van der Waals surface area contributed by atoms with Crippen LogP contribution in [-0.4, -0.2) is 41.4 Å². The van der Waals surface area contributed by atoms with Crippen LogP contribution in [0.25, 0.3) is 0 Å². The van der Waals surface area contributed by atoms with Gasteiger partial charge in [-0.05, 0) is 43.7 Å². The highest BCUT2D eigenvalue weighted by atomic mass is 35.5. The Hall–Kier alpha value is -1.72. The van der Waals surface area contributed by atoms with Crippen molar-refractivity contribution in [1.82, 2.24) is 0 Å². The number of carboxylic acid groups (broad SMARTS) is 1. The van der Waals surface area contributed by atoms with Crippen LogP contribution in [-0.2, 0) is 4.79 Å². The predicted molar refractivity (Wildman–Crippen MR) is 101 cm³/mol. The molecular weight excluding hydrogens is 356 g/mol. The summed E-state index contributed by atoms with van der Waals surface area (Å²) in [5, 5.41) is 18.9. The van der Waals surface area contributed by atoms with Gasteiger partial charge in [0.05, 0.1) is 19.8 Å². The summed E-state index contributed by atoms with van der Waals surface area (Å²) in [6, 6.07) is 7.39. The maximum Gasteiger partial charge on any atom is 0.303 e. The van der Waals surface area contributed by atoms with Gasteiger partial charge in [-0.15, -0.1) is 11.6 Å². The minimum atomic E-state index is -0.770. The number of alkyl halides is 1. The average molecular weight is 383 g/mol. The summed E-state index contributed by atoms with van der Waals surface area (Å²) in [5.74, 6) is 0.760. The molecule has 1 saturated carbocycles. The quantitative estimate of drug-likeness (QED) is 0.365. The van der Waals surface area contributed by atoms with Gasteiger partial charge in [0.2, 0.25) is 0 Å². The minimum absolute atomic E-state index is 0.0348. The van der Waals surface area contributed by atoms with E-state index in [4.69, 9.17) is 26.2 Å². The van der Waals surface area contributed by atoms with E-state index in [1.165, 1.54) is 0 Å². The molecule has 0 amide bonds. The second-order valence-electron chi connectivity index (χ2n) is 6.63. The van der Waals surface area contributed by atoms with E-state index < -0.39 is 12.1 Å². The topological polar surface area (TPSA) is 76.0 Å². The third kappa shape index (κ3) is 6.22. The molecule has 2 rings (SSSR count). The van der Waals surface area contributed by atoms with Gasteiger partial charge in [-0.3, -0.25) is 4.79 Å². The number of halogens is 1. The first-order valence-electron chi connectivity index (χ1n) is 8.97. The first-order chi connectivity index (χ1) is 12.5. The number of carbonyl (C=O) groups is 1. The van der Waals surface area contributed by atoms with E-state index in [0.29, 0.717) is 25.2 Å². The number of methoxy groups -OCH3 is 1. The Kier molecular flexibility index (Phi) is 8.26. The van der Waals surface area contributed by atoms with Crippen LogP contribution in [0.15, 0.2) is 36.4 Å². The van der Waals surface area contributed by atoms with Gasteiger partial charge in [-0.25, -0.2) is 0 Å². The molecule has 1 aromatic carbocycles. The number of hydrogen-bond donors (Lipinski definition) is 2. The molecule has 6 heteroatoms. The zero-order valence-electron chi connectivity index (χ0n) is 15.0. The Bertz CT molecular complexity index is 604. The second kappa shape index (κ2) is 10.4.